The van der Waals surface area contributed by atoms with E-state index in [0.717, 1.165) is 23.0 Å². The average Bonchev–Trinajstić information content (AvgIpc) is 2.62. The second-order valence-electron chi connectivity index (χ2n) is 6.03. The predicted molar refractivity (Wildman–Crippen MR) is 100.0 cm³/mol. The third-order valence-corrected chi connectivity index (χ3v) is 5.73. The van der Waals surface area contributed by atoms with Gasteiger partial charge in [-0.05, 0) is 23.6 Å². The Balaban J connectivity index is 1.72. The molecular weight excluding hydrogens is 336 g/mol. The van der Waals surface area contributed by atoms with Gasteiger partial charge in [0.2, 0.25) is 0 Å². The number of nitrogens with zero attached hydrogens (tertiary/aromatic N) is 1. The molecule has 0 unspecified atom stereocenters. The summed E-state index contributed by atoms with van der Waals surface area (Å²) in [5, 5.41) is 1.85. The Hall–Kier alpha value is -2.73. The number of hydrogen-bond acceptors (Lipinski definition) is 4. The number of nitrogens with one attached hydrogen (secondary N) is 1. The number of sulfonamides is 1. The minimum atomic E-state index is -3.70. The van der Waals surface area contributed by atoms with E-state index in [1.165, 1.54) is 0 Å². The van der Waals surface area contributed by atoms with Gasteiger partial charge in [0.15, 0.2) is 0 Å². The molecule has 1 aliphatic rings. The van der Waals surface area contributed by atoms with Crippen molar-refractivity contribution in [1.29, 1.82) is 0 Å². The first-order chi connectivity index (χ1) is 12.0. The zero-order chi connectivity index (χ0) is 17.4. The highest BCUT2D eigenvalue weighted by molar-refractivity contribution is 7.92. The van der Waals surface area contributed by atoms with Crippen LogP contribution in [0.5, 0.6) is 5.75 Å². The standard InChI is InChI=1S/C19H18N2O3S/c1-21-11-12-24-19-13-15(9-10-18(19)21)25(22,23)20-17-8-4-6-14-5-2-3-7-16(14)17/h2-10,13,20H,11-12H2,1H3. The predicted octanol–water partition coefficient (Wildman–Crippen LogP) is 3.47. The van der Waals surface area contributed by atoms with Crippen molar-refractivity contribution in [2.45, 2.75) is 4.90 Å². The van der Waals surface area contributed by atoms with Crippen LogP contribution < -0.4 is 14.4 Å². The van der Waals surface area contributed by atoms with Gasteiger partial charge < -0.3 is 9.64 Å². The maximum Gasteiger partial charge on any atom is 0.262 e. The van der Waals surface area contributed by atoms with Crippen molar-refractivity contribution in [2.24, 2.45) is 0 Å². The van der Waals surface area contributed by atoms with E-state index in [4.69, 9.17) is 4.74 Å². The van der Waals surface area contributed by atoms with E-state index in [9.17, 15) is 8.42 Å². The van der Waals surface area contributed by atoms with Gasteiger partial charge in [-0.1, -0.05) is 36.4 Å². The van der Waals surface area contributed by atoms with E-state index in [1.807, 2.05) is 48.3 Å². The van der Waals surface area contributed by atoms with Gasteiger partial charge in [0, 0.05) is 18.5 Å². The number of hydrogen-bond donors (Lipinski definition) is 1. The molecule has 0 aliphatic carbocycles. The van der Waals surface area contributed by atoms with Gasteiger partial charge in [0.25, 0.3) is 10.0 Å². The van der Waals surface area contributed by atoms with Gasteiger partial charge >= 0.3 is 0 Å². The molecule has 6 heteroatoms. The van der Waals surface area contributed by atoms with Gasteiger partial charge in [-0.3, -0.25) is 4.72 Å². The lowest BCUT2D eigenvalue weighted by Crippen LogP contribution is -2.29. The fourth-order valence-corrected chi connectivity index (χ4v) is 4.12. The molecule has 1 heterocycles. The number of fused-ring (bicyclic) bond motifs is 2. The maximum absolute atomic E-state index is 12.8. The summed E-state index contributed by atoms with van der Waals surface area (Å²) in [5.74, 6) is 0.592. The number of anilines is 2. The molecule has 25 heavy (non-hydrogen) atoms. The minimum Gasteiger partial charge on any atom is -0.490 e. The topological polar surface area (TPSA) is 58.6 Å². The van der Waals surface area contributed by atoms with Crippen LogP contribution in [0.3, 0.4) is 0 Å². The lowest BCUT2D eigenvalue weighted by atomic mass is 10.1. The van der Waals surface area contributed by atoms with Crippen LogP contribution in [0.2, 0.25) is 0 Å². The van der Waals surface area contributed by atoms with Crippen LogP contribution >= 0.6 is 0 Å². The van der Waals surface area contributed by atoms with Crippen molar-refractivity contribution in [3.05, 3.63) is 60.7 Å². The SMILES string of the molecule is CN1CCOc2cc(S(=O)(=O)Nc3cccc4ccccc34)ccc21. The van der Waals surface area contributed by atoms with E-state index in [1.54, 1.807) is 24.3 Å². The van der Waals surface area contributed by atoms with Crippen LogP contribution in [0.15, 0.2) is 65.6 Å². The number of rotatable bonds is 3. The van der Waals surface area contributed by atoms with Crippen LogP contribution in [-0.2, 0) is 10.0 Å². The molecule has 4 rings (SSSR count). The molecular formula is C19H18N2O3S. The van der Waals surface area contributed by atoms with Crippen LogP contribution in [0, 0.1) is 0 Å². The normalized spacial score (nSPS) is 14.0. The maximum atomic E-state index is 12.8. The molecule has 0 saturated carbocycles. The number of likely N-dealkylation sites (N-methyl/N-ethyl adjacent to an activating group) is 1. The Bertz CT molecular complexity index is 1040. The quantitative estimate of drug-likeness (QED) is 0.782. The zero-order valence-electron chi connectivity index (χ0n) is 13.8. The largest absolute Gasteiger partial charge is 0.490 e. The van der Waals surface area contributed by atoms with Gasteiger partial charge in [0.1, 0.15) is 12.4 Å². The molecule has 0 amide bonds. The molecule has 0 atom stereocenters. The first kappa shape index (κ1) is 15.8. The molecule has 1 N–H and O–H groups in total. The Morgan fingerprint density at radius 3 is 2.72 bits per heavy atom. The summed E-state index contributed by atoms with van der Waals surface area (Å²) in [5.41, 5.74) is 1.46. The molecule has 5 nitrogen and oxygen atoms in total. The van der Waals surface area contributed by atoms with Gasteiger partial charge in [-0.25, -0.2) is 8.42 Å². The Kier molecular flexibility index (Phi) is 3.77. The third kappa shape index (κ3) is 2.89. The summed E-state index contributed by atoms with van der Waals surface area (Å²) in [7, 11) is -1.74. The van der Waals surface area contributed by atoms with E-state index < -0.39 is 10.0 Å². The summed E-state index contributed by atoms with van der Waals surface area (Å²) >= 11 is 0. The zero-order valence-corrected chi connectivity index (χ0v) is 14.6. The molecule has 128 valence electrons. The van der Waals surface area contributed by atoms with Gasteiger partial charge in [-0.2, -0.15) is 0 Å². The summed E-state index contributed by atoms with van der Waals surface area (Å²) < 4.78 is 34.0. The van der Waals surface area contributed by atoms with Gasteiger partial charge in [0.05, 0.1) is 22.8 Å². The first-order valence-corrected chi connectivity index (χ1v) is 9.51. The number of benzene rings is 3. The second-order valence-corrected chi connectivity index (χ2v) is 7.71. The smallest absolute Gasteiger partial charge is 0.262 e. The average molecular weight is 354 g/mol. The fraction of sp³-hybridized carbons (Fsp3) is 0.158. The van der Waals surface area contributed by atoms with E-state index in [2.05, 4.69) is 4.72 Å². The lowest BCUT2D eigenvalue weighted by molar-refractivity contribution is 0.310. The van der Waals surface area contributed by atoms with Crippen molar-refractivity contribution < 1.29 is 13.2 Å². The van der Waals surface area contributed by atoms with Crippen molar-refractivity contribution in [1.82, 2.24) is 0 Å². The van der Waals surface area contributed by atoms with Crippen molar-refractivity contribution >= 4 is 32.2 Å². The summed E-state index contributed by atoms with van der Waals surface area (Å²) in [6.45, 7) is 1.33. The molecule has 0 radical (unpaired) electrons. The number of ether oxygens (including phenoxy) is 1. The highest BCUT2D eigenvalue weighted by Gasteiger charge is 2.21. The fourth-order valence-electron chi connectivity index (χ4n) is 3.02. The van der Waals surface area contributed by atoms with Crippen molar-refractivity contribution in [2.75, 3.05) is 29.8 Å². The van der Waals surface area contributed by atoms with E-state index in [0.29, 0.717) is 18.0 Å². The van der Waals surface area contributed by atoms with Gasteiger partial charge in [-0.15, -0.1) is 0 Å². The highest BCUT2D eigenvalue weighted by Crippen LogP contribution is 2.34. The van der Waals surface area contributed by atoms with Crippen LogP contribution in [-0.4, -0.2) is 28.6 Å². The second kappa shape index (κ2) is 5.97. The molecule has 0 spiro atoms. The summed E-state index contributed by atoms with van der Waals surface area (Å²) in [6.07, 6.45) is 0. The van der Waals surface area contributed by atoms with Crippen LogP contribution in [0.4, 0.5) is 11.4 Å². The van der Waals surface area contributed by atoms with E-state index in [-0.39, 0.29) is 4.90 Å². The Labute approximate surface area is 146 Å². The molecule has 3 aromatic carbocycles. The summed E-state index contributed by atoms with van der Waals surface area (Å²) in [4.78, 5) is 2.24. The Morgan fingerprint density at radius 2 is 1.84 bits per heavy atom. The molecule has 0 aromatic heterocycles. The van der Waals surface area contributed by atoms with Crippen LogP contribution in [0.1, 0.15) is 0 Å². The molecule has 3 aromatic rings. The monoisotopic (exact) mass is 354 g/mol. The van der Waals surface area contributed by atoms with Crippen molar-refractivity contribution in [3.63, 3.8) is 0 Å². The first-order valence-electron chi connectivity index (χ1n) is 8.03. The third-order valence-electron chi connectivity index (χ3n) is 4.37. The van der Waals surface area contributed by atoms with E-state index >= 15 is 0 Å². The molecule has 1 aliphatic heterocycles. The molecule has 0 bridgehead atoms. The molecule has 0 fully saturated rings. The minimum absolute atomic E-state index is 0.189. The highest BCUT2D eigenvalue weighted by atomic mass is 32.2. The summed E-state index contributed by atoms with van der Waals surface area (Å²) in [6, 6.07) is 18.2. The Morgan fingerprint density at radius 1 is 1.04 bits per heavy atom. The van der Waals surface area contributed by atoms with Crippen molar-refractivity contribution in [3.8, 4) is 5.75 Å². The molecule has 0 saturated heterocycles. The van der Waals surface area contributed by atoms with Crippen LogP contribution in [0.25, 0.3) is 10.8 Å². The lowest BCUT2D eigenvalue weighted by Gasteiger charge is -2.27.